The van der Waals surface area contributed by atoms with Gasteiger partial charge in [-0.2, -0.15) is 0 Å². The molecule has 0 radical (unpaired) electrons. The molecule has 1 fully saturated rings. The van der Waals surface area contributed by atoms with E-state index in [2.05, 4.69) is 60.6 Å². The van der Waals surface area contributed by atoms with Crippen molar-refractivity contribution in [2.45, 2.75) is 81.8 Å². The van der Waals surface area contributed by atoms with Gasteiger partial charge in [0, 0.05) is 11.6 Å². The predicted octanol–water partition coefficient (Wildman–Crippen LogP) is 5.42. The highest BCUT2D eigenvalue weighted by Gasteiger charge is 2.25. The van der Waals surface area contributed by atoms with E-state index in [1.165, 1.54) is 30.2 Å². The van der Waals surface area contributed by atoms with Crippen molar-refractivity contribution < 1.29 is 9.21 Å². The van der Waals surface area contributed by atoms with Crippen LogP contribution >= 0.6 is 11.8 Å². The van der Waals surface area contributed by atoms with Crippen molar-refractivity contribution in [2.24, 2.45) is 0 Å². The number of aromatic nitrogens is 3. The van der Waals surface area contributed by atoms with Gasteiger partial charge in [0.1, 0.15) is 5.76 Å². The Balaban J connectivity index is 1.58. The van der Waals surface area contributed by atoms with E-state index in [9.17, 15) is 4.79 Å². The van der Waals surface area contributed by atoms with Crippen LogP contribution in [0.25, 0.3) is 11.4 Å². The minimum atomic E-state index is -0.258. The van der Waals surface area contributed by atoms with E-state index in [1.807, 2.05) is 23.6 Å². The summed E-state index contributed by atoms with van der Waals surface area (Å²) in [6, 6.07) is 12.6. The van der Waals surface area contributed by atoms with E-state index in [4.69, 9.17) is 4.42 Å². The lowest BCUT2D eigenvalue weighted by Crippen LogP contribution is -2.37. The summed E-state index contributed by atoms with van der Waals surface area (Å²) >= 11 is 1.44. The standard InChI is InChI=1S/C25H32N4O2S/c1-17(23(30)26-20-8-5-6-9-20)32-24-28-27-22(29(24)16-21-10-7-15-31-21)18-11-13-19(14-12-18)25(2,3)4/h7,10-15,17,20H,5-6,8-9,16H2,1-4H3,(H,26,30). The van der Waals surface area contributed by atoms with Crippen LogP contribution in [0, 0.1) is 0 Å². The zero-order valence-corrected chi connectivity index (χ0v) is 20.1. The van der Waals surface area contributed by atoms with Gasteiger partial charge in [0.05, 0.1) is 18.1 Å². The van der Waals surface area contributed by atoms with Gasteiger partial charge < -0.3 is 9.73 Å². The molecule has 0 saturated heterocycles. The SMILES string of the molecule is CC(Sc1nnc(-c2ccc(C(C)(C)C)cc2)n1Cc1ccco1)C(=O)NC1CCCC1. The highest BCUT2D eigenvalue weighted by molar-refractivity contribution is 8.00. The monoisotopic (exact) mass is 452 g/mol. The summed E-state index contributed by atoms with van der Waals surface area (Å²) in [5.74, 6) is 1.65. The summed E-state index contributed by atoms with van der Waals surface area (Å²) in [5.41, 5.74) is 2.35. The predicted molar refractivity (Wildman–Crippen MR) is 128 cm³/mol. The van der Waals surface area contributed by atoms with Crippen molar-refractivity contribution in [3.8, 4) is 11.4 Å². The Kier molecular flexibility index (Phi) is 6.74. The van der Waals surface area contributed by atoms with Crippen molar-refractivity contribution in [3.63, 3.8) is 0 Å². The van der Waals surface area contributed by atoms with Gasteiger partial charge in [0.25, 0.3) is 0 Å². The lowest BCUT2D eigenvalue weighted by molar-refractivity contribution is -0.120. The molecule has 4 rings (SSSR count). The molecule has 2 aromatic heterocycles. The van der Waals surface area contributed by atoms with Crippen LogP contribution in [-0.4, -0.2) is 32.0 Å². The molecule has 1 atom stereocenters. The highest BCUT2D eigenvalue weighted by atomic mass is 32.2. The van der Waals surface area contributed by atoms with Gasteiger partial charge in [-0.25, -0.2) is 0 Å². The number of hydrogen-bond acceptors (Lipinski definition) is 5. The summed E-state index contributed by atoms with van der Waals surface area (Å²) < 4.78 is 7.63. The fourth-order valence-corrected chi connectivity index (χ4v) is 4.87. The van der Waals surface area contributed by atoms with Gasteiger partial charge in [0.2, 0.25) is 5.91 Å². The topological polar surface area (TPSA) is 73.0 Å². The maximum absolute atomic E-state index is 12.7. The molecule has 1 aliphatic carbocycles. The number of benzene rings is 1. The first-order valence-corrected chi connectivity index (χ1v) is 12.2. The Morgan fingerprint density at radius 3 is 2.53 bits per heavy atom. The fraction of sp³-hybridized carbons (Fsp3) is 0.480. The first-order chi connectivity index (χ1) is 15.3. The number of furan rings is 1. The Hall–Kier alpha value is -2.54. The molecule has 0 aliphatic heterocycles. The third-order valence-electron chi connectivity index (χ3n) is 5.97. The second-order valence-electron chi connectivity index (χ2n) is 9.55. The van der Waals surface area contributed by atoms with Gasteiger partial charge in [-0.15, -0.1) is 10.2 Å². The van der Waals surface area contributed by atoms with E-state index in [1.54, 1.807) is 6.26 Å². The van der Waals surface area contributed by atoms with E-state index in [-0.39, 0.29) is 16.6 Å². The molecule has 32 heavy (non-hydrogen) atoms. The summed E-state index contributed by atoms with van der Waals surface area (Å²) in [7, 11) is 0. The molecule has 170 valence electrons. The summed E-state index contributed by atoms with van der Waals surface area (Å²) in [5, 5.41) is 12.6. The number of carbonyl (C=O) groups is 1. The molecule has 1 amide bonds. The highest BCUT2D eigenvalue weighted by Crippen LogP contribution is 2.30. The Morgan fingerprint density at radius 2 is 1.91 bits per heavy atom. The number of hydrogen-bond donors (Lipinski definition) is 1. The van der Waals surface area contributed by atoms with Gasteiger partial charge in [0.15, 0.2) is 11.0 Å². The van der Waals surface area contributed by atoms with Gasteiger partial charge in [-0.1, -0.05) is 69.6 Å². The van der Waals surface area contributed by atoms with Gasteiger partial charge in [-0.05, 0) is 42.9 Å². The van der Waals surface area contributed by atoms with Crippen molar-refractivity contribution in [1.82, 2.24) is 20.1 Å². The molecule has 6 nitrogen and oxygen atoms in total. The second kappa shape index (κ2) is 9.53. The third kappa shape index (κ3) is 5.26. The lowest BCUT2D eigenvalue weighted by atomic mass is 9.87. The number of nitrogens with zero attached hydrogens (tertiary/aromatic N) is 3. The molecule has 1 aliphatic rings. The number of nitrogens with one attached hydrogen (secondary N) is 1. The number of rotatable bonds is 7. The zero-order valence-electron chi connectivity index (χ0n) is 19.3. The third-order valence-corrected chi connectivity index (χ3v) is 7.05. The van der Waals surface area contributed by atoms with Gasteiger partial charge >= 0.3 is 0 Å². The molecule has 7 heteroatoms. The average Bonchev–Trinajstić information content (AvgIpc) is 3.52. The van der Waals surface area contributed by atoms with Crippen LogP contribution in [0.1, 0.15) is 64.7 Å². The van der Waals surface area contributed by atoms with Crippen LogP contribution in [0.3, 0.4) is 0 Å². The van der Waals surface area contributed by atoms with Gasteiger partial charge in [-0.3, -0.25) is 9.36 Å². The normalized spacial score (nSPS) is 15.8. The maximum Gasteiger partial charge on any atom is 0.233 e. The summed E-state index contributed by atoms with van der Waals surface area (Å²) in [6.07, 6.45) is 6.21. The summed E-state index contributed by atoms with van der Waals surface area (Å²) in [6.45, 7) is 9.05. The number of amides is 1. The van der Waals surface area contributed by atoms with E-state index in [0.717, 1.165) is 30.0 Å². The molecule has 1 unspecified atom stereocenters. The fourth-order valence-electron chi connectivity index (χ4n) is 4.01. The first-order valence-electron chi connectivity index (χ1n) is 11.3. The smallest absolute Gasteiger partial charge is 0.233 e. The van der Waals surface area contributed by atoms with Crippen LogP contribution in [0.5, 0.6) is 0 Å². The van der Waals surface area contributed by atoms with Crippen molar-refractivity contribution in [3.05, 3.63) is 54.0 Å². The molecule has 1 saturated carbocycles. The van der Waals surface area contributed by atoms with Crippen molar-refractivity contribution in [2.75, 3.05) is 0 Å². The minimum Gasteiger partial charge on any atom is -0.467 e. The van der Waals surface area contributed by atoms with E-state index < -0.39 is 0 Å². The number of carbonyl (C=O) groups excluding carboxylic acids is 1. The van der Waals surface area contributed by atoms with E-state index in [0.29, 0.717) is 17.7 Å². The Morgan fingerprint density at radius 1 is 1.19 bits per heavy atom. The molecule has 3 aromatic rings. The van der Waals surface area contributed by atoms with Crippen LogP contribution < -0.4 is 5.32 Å². The molecule has 0 spiro atoms. The summed E-state index contributed by atoms with van der Waals surface area (Å²) in [4.78, 5) is 12.7. The molecular weight excluding hydrogens is 420 g/mol. The van der Waals surface area contributed by atoms with E-state index >= 15 is 0 Å². The first kappa shape index (κ1) is 22.6. The Labute approximate surface area is 194 Å². The average molecular weight is 453 g/mol. The zero-order chi connectivity index (χ0) is 22.7. The largest absolute Gasteiger partial charge is 0.467 e. The van der Waals surface area contributed by atoms with Crippen LogP contribution in [0.15, 0.2) is 52.2 Å². The van der Waals surface area contributed by atoms with Crippen molar-refractivity contribution in [1.29, 1.82) is 0 Å². The molecular formula is C25H32N4O2S. The molecule has 0 bridgehead atoms. The molecule has 1 N–H and O–H groups in total. The molecule has 1 aromatic carbocycles. The van der Waals surface area contributed by atoms with Crippen LogP contribution in [0.2, 0.25) is 0 Å². The maximum atomic E-state index is 12.7. The quantitative estimate of drug-likeness (QED) is 0.484. The number of thioether (sulfide) groups is 1. The lowest BCUT2D eigenvalue weighted by Gasteiger charge is -2.19. The minimum absolute atomic E-state index is 0.0607. The van der Waals surface area contributed by atoms with Crippen molar-refractivity contribution >= 4 is 17.7 Å². The second-order valence-corrected chi connectivity index (χ2v) is 10.9. The van der Waals surface area contributed by atoms with Crippen LogP contribution in [-0.2, 0) is 16.8 Å². The molecule has 2 heterocycles. The van der Waals surface area contributed by atoms with Crippen LogP contribution in [0.4, 0.5) is 0 Å². The Bertz CT molecular complexity index is 1030.